The lowest BCUT2D eigenvalue weighted by Crippen LogP contribution is -2.27. The molecule has 3 aromatic rings. The summed E-state index contributed by atoms with van der Waals surface area (Å²) in [6.45, 7) is 1.95. The number of aromatic amines is 2. The average molecular weight is 367 g/mol. The number of amides is 1. The number of pyridine rings is 1. The summed E-state index contributed by atoms with van der Waals surface area (Å²) in [4.78, 5) is 43.4. The van der Waals surface area contributed by atoms with E-state index in [-0.39, 0.29) is 11.4 Å². The largest absolute Gasteiger partial charge is 0.325 e. The molecule has 0 fully saturated rings. The van der Waals surface area contributed by atoms with E-state index in [1.54, 1.807) is 6.07 Å². The fourth-order valence-electron chi connectivity index (χ4n) is 2.27. The molecule has 9 heteroatoms. The van der Waals surface area contributed by atoms with Crippen molar-refractivity contribution in [2.45, 2.75) is 11.9 Å². The van der Waals surface area contributed by atoms with Gasteiger partial charge in [-0.25, -0.2) is 9.78 Å². The van der Waals surface area contributed by atoms with Crippen molar-refractivity contribution in [1.29, 1.82) is 5.26 Å². The summed E-state index contributed by atoms with van der Waals surface area (Å²) in [5.74, 6) is -0.500. The Balaban J connectivity index is 1.78. The lowest BCUT2D eigenvalue weighted by Gasteiger charge is -2.07. The van der Waals surface area contributed by atoms with Crippen molar-refractivity contribution in [3.05, 3.63) is 62.4 Å². The second-order valence-electron chi connectivity index (χ2n) is 5.47. The van der Waals surface area contributed by atoms with Gasteiger partial charge in [-0.15, -0.1) is 0 Å². The number of hydrogen-bond donors (Lipinski definition) is 3. The van der Waals surface area contributed by atoms with Crippen LogP contribution in [0.15, 0.2) is 45.1 Å². The first-order valence-electron chi connectivity index (χ1n) is 7.52. The molecule has 0 aliphatic rings. The minimum Gasteiger partial charge on any atom is -0.320 e. The Hall–Kier alpha value is -3.38. The normalized spacial score (nSPS) is 10.5. The van der Waals surface area contributed by atoms with Crippen molar-refractivity contribution in [1.82, 2.24) is 15.0 Å². The number of hydrogen-bond acceptors (Lipinski definition) is 6. The number of benzene rings is 1. The number of nitriles is 1. The Kier molecular flexibility index (Phi) is 4.86. The number of aryl methyl sites for hydroxylation is 1. The van der Waals surface area contributed by atoms with Gasteiger partial charge in [0.2, 0.25) is 5.91 Å². The molecular formula is C17H13N5O3S. The lowest BCUT2D eigenvalue weighted by molar-refractivity contribution is -0.113. The zero-order valence-electron chi connectivity index (χ0n) is 13.6. The van der Waals surface area contributed by atoms with Crippen LogP contribution in [0.25, 0.3) is 10.9 Å². The Morgan fingerprint density at radius 2 is 2.15 bits per heavy atom. The van der Waals surface area contributed by atoms with Gasteiger partial charge < -0.3 is 10.3 Å². The summed E-state index contributed by atoms with van der Waals surface area (Å²) in [5.41, 5.74) is 0.754. The van der Waals surface area contributed by atoms with Crippen LogP contribution in [-0.4, -0.2) is 26.6 Å². The maximum absolute atomic E-state index is 12.1. The molecule has 3 rings (SSSR count). The maximum Gasteiger partial charge on any atom is 0.325 e. The molecule has 1 amide bonds. The van der Waals surface area contributed by atoms with E-state index in [2.05, 4.69) is 21.4 Å². The number of anilines is 1. The van der Waals surface area contributed by atoms with Gasteiger partial charge in [-0.2, -0.15) is 5.26 Å². The van der Waals surface area contributed by atoms with Gasteiger partial charge in [0.1, 0.15) is 16.8 Å². The van der Waals surface area contributed by atoms with E-state index in [1.165, 1.54) is 0 Å². The minimum atomic E-state index is -0.691. The van der Waals surface area contributed by atoms with Gasteiger partial charge >= 0.3 is 5.69 Å². The Labute approximate surface area is 151 Å². The molecule has 0 saturated heterocycles. The van der Waals surface area contributed by atoms with Crippen molar-refractivity contribution in [2.24, 2.45) is 0 Å². The van der Waals surface area contributed by atoms with Gasteiger partial charge in [-0.05, 0) is 24.6 Å². The number of carbonyl (C=O) groups is 1. The van der Waals surface area contributed by atoms with Gasteiger partial charge in [-0.3, -0.25) is 14.6 Å². The molecule has 1 aromatic carbocycles. The van der Waals surface area contributed by atoms with E-state index in [9.17, 15) is 19.6 Å². The standard InChI is InChI=1S/C17H13N5O3S/c1-9-2-3-10-5-11(6-18)16(21-12(10)4-9)26-8-14(23)20-13-7-19-17(25)22-15(13)24/h2-5,7H,8H2,1H3,(H,20,23)(H2,19,22,24,25). The first-order chi connectivity index (χ1) is 12.5. The Morgan fingerprint density at radius 1 is 1.35 bits per heavy atom. The van der Waals surface area contributed by atoms with Crippen molar-refractivity contribution in [3.8, 4) is 6.07 Å². The average Bonchev–Trinajstić information content (AvgIpc) is 2.61. The molecule has 0 spiro atoms. The highest BCUT2D eigenvalue weighted by Crippen LogP contribution is 2.25. The summed E-state index contributed by atoms with van der Waals surface area (Å²) in [5, 5.41) is 13.0. The van der Waals surface area contributed by atoms with Crippen LogP contribution in [-0.2, 0) is 4.79 Å². The predicted octanol–water partition coefficient (Wildman–Crippen LogP) is 1.52. The second kappa shape index (κ2) is 7.25. The molecule has 8 nitrogen and oxygen atoms in total. The van der Waals surface area contributed by atoms with Crippen LogP contribution in [0.1, 0.15) is 11.1 Å². The number of aromatic nitrogens is 3. The van der Waals surface area contributed by atoms with Gasteiger partial charge in [0.15, 0.2) is 0 Å². The van der Waals surface area contributed by atoms with Crippen LogP contribution >= 0.6 is 11.8 Å². The summed E-state index contributed by atoms with van der Waals surface area (Å²) in [6.07, 6.45) is 1.13. The Morgan fingerprint density at radius 3 is 2.88 bits per heavy atom. The van der Waals surface area contributed by atoms with Gasteiger partial charge in [0.05, 0.1) is 16.8 Å². The van der Waals surface area contributed by atoms with Crippen LogP contribution in [0, 0.1) is 18.3 Å². The molecule has 0 unspecified atom stereocenters. The number of carbonyl (C=O) groups excluding carboxylic acids is 1. The van der Waals surface area contributed by atoms with E-state index < -0.39 is 17.2 Å². The number of H-pyrrole nitrogens is 2. The molecular weight excluding hydrogens is 354 g/mol. The number of fused-ring (bicyclic) bond motifs is 1. The molecule has 2 aromatic heterocycles. The molecule has 0 aliphatic heterocycles. The van der Waals surface area contributed by atoms with E-state index in [4.69, 9.17) is 0 Å². The molecule has 130 valence electrons. The number of nitrogens with zero attached hydrogens (tertiary/aromatic N) is 2. The smallest absolute Gasteiger partial charge is 0.320 e. The highest BCUT2D eigenvalue weighted by Gasteiger charge is 2.12. The molecule has 0 radical (unpaired) electrons. The zero-order valence-corrected chi connectivity index (χ0v) is 14.4. The van der Waals surface area contributed by atoms with E-state index in [1.807, 2.05) is 30.1 Å². The maximum atomic E-state index is 12.1. The SMILES string of the molecule is Cc1ccc2cc(C#N)c(SCC(=O)Nc3c[nH]c(=O)[nH]c3=O)nc2c1. The second-order valence-corrected chi connectivity index (χ2v) is 6.44. The van der Waals surface area contributed by atoms with Gasteiger partial charge in [0.25, 0.3) is 5.56 Å². The summed E-state index contributed by atoms with van der Waals surface area (Å²) in [6, 6.07) is 9.54. The van der Waals surface area contributed by atoms with Crippen molar-refractivity contribution >= 4 is 34.3 Å². The predicted molar refractivity (Wildman–Crippen MR) is 98.2 cm³/mol. The summed E-state index contributed by atoms with van der Waals surface area (Å²) in [7, 11) is 0. The first-order valence-corrected chi connectivity index (χ1v) is 8.51. The van der Waals surface area contributed by atoms with E-state index >= 15 is 0 Å². The van der Waals surface area contributed by atoms with Crippen LogP contribution in [0.3, 0.4) is 0 Å². The molecule has 0 aliphatic carbocycles. The van der Waals surface area contributed by atoms with Gasteiger partial charge in [0, 0.05) is 11.6 Å². The topological polar surface area (TPSA) is 132 Å². The highest BCUT2D eigenvalue weighted by atomic mass is 32.2. The van der Waals surface area contributed by atoms with E-state index in [0.717, 1.165) is 34.4 Å². The Bertz CT molecular complexity index is 1160. The quantitative estimate of drug-likeness (QED) is 0.599. The third kappa shape index (κ3) is 3.81. The van der Waals surface area contributed by atoms with Crippen LogP contribution in [0.5, 0.6) is 0 Å². The van der Waals surface area contributed by atoms with Crippen LogP contribution in [0.2, 0.25) is 0 Å². The molecule has 26 heavy (non-hydrogen) atoms. The lowest BCUT2D eigenvalue weighted by atomic mass is 10.1. The van der Waals surface area contributed by atoms with Crippen molar-refractivity contribution < 1.29 is 4.79 Å². The van der Waals surface area contributed by atoms with E-state index in [0.29, 0.717) is 10.6 Å². The number of rotatable bonds is 4. The number of thioether (sulfide) groups is 1. The monoisotopic (exact) mass is 367 g/mol. The summed E-state index contributed by atoms with van der Waals surface area (Å²) >= 11 is 1.10. The van der Waals surface area contributed by atoms with Crippen molar-refractivity contribution in [2.75, 3.05) is 11.1 Å². The third-order valence-electron chi connectivity index (χ3n) is 3.49. The summed E-state index contributed by atoms with van der Waals surface area (Å²) < 4.78 is 0. The fourth-order valence-corrected chi connectivity index (χ4v) is 3.04. The van der Waals surface area contributed by atoms with Crippen LogP contribution < -0.4 is 16.6 Å². The molecule has 0 atom stereocenters. The molecule has 2 heterocycles. The van der Waals surface area contributed by atoms with Crippen LogP contribution in [0.4, 0.5) is 5.69 Å². The number of nitrogens with one attached hydrogen (secondary N) is 3. The minimum absolute atomic E-state index is 0.0441. The molecule has 3 N–H and O–H groups in total. The highest BCUT2D eigenvalue weighted by molar-refractivity contribution is 8.00. The molecule has 0 saturated carbocycles. The zero-order chi connectivity index (χ0) is 18.7. The molecule has 0 bridgehead atoms. The third-order valence-corrected chi connectivity index (χ3v) is 4.48. The fraction of sp³-hybridized carbons (Fsp3) is 0.118. The first kappa shape index (κ1) is 17.4. The van der Waals surface area contributed by atoms with Gasteiger partial charge in [-0.1, -0.05) is 23.9 Å². The van der Waals surface area contributed by atoms with Crippen molar-refractivity contribution in [3.63, 3.8) is 0 Å².